The number of hydrogen-bond donors (Lipinski definition) is 0. The summed E-state index contributed by atoms with van der Waals surface area (Å²) in [5.41, 5.74) is 0.465. The highest BCUT2D eigenvalue weighted by Gasteiger charge is 2.20. The number of esters is 1. The Balaban J connectivity index is 0.00000225. The predicted octanol–water partition coefficient (Wildman–Crippen LogP) is -0.0919. The van der Waals surface area contributed by atoms with Crippen LogP contribution in [-0.2, 0) is 4.74 Å². The highest BCUT2D eigenvalue weighted by Crippen LogP contribution is 2.18. The maximum absolute atomic E-state index is 11.5. The lowest BCUT2D eigenvalue weighted by molar-refractivity contribution is -0.0000201. The SMILES string of the molecule is C/C=C/COC(=O)c1ccccc1[N+]#N.[Cl-]. The zero-order valence-electron chi connectivity index (χ0n) is 8.76. The molecule has 0 unspecified atom stereocenters. The monoisotopic (exact) mass is 238 g/mol. The summed E-state index contributed by atoms with van der Waals surface area (Å²) in [6.07, 6.45) is 3.51. The van der Waals surface area contributed by atoms with Gasteiger partial charge < -0.3 is 17.1 Å². The summed E-state index contributed by atoms with van der Waals surface area (Å²) in [6, 6.07) is 6.44. The molecule has 4 nitrogen and oxygen atoms in total. The number of carbonyl (C=O) groups is 1. The summed E-state index contributed by atoms with van der Waals surface area (Å²) in [4.78, 5) is 14.5. The Labute approximate surface area is 100.0 Å². The van der Waals surface area contributed by atoms with Gasteiger partial charge in [0.15, 0.2) is 10.5 Å². The largest absolute Gasteiger partial charge is 1.00 e. The Morgan fingerprint density at radius 1 is 1.50 bits per heavy atom. The maximum Gasteiger partial charge on any atom is 0.399 e. The first kappa shape index (κ1) is 14.1. The van der Waals surface area contributed by atoms with Crippen LogP contribution in [0.2, 0.25) is 0 Å². The number of halogens is 1. The van der Waals surface area contributed by atoms with Crippen molar-refractivity contribution in [1.82, 2.24) is 0 Å². The molecule has 0 atom stereocenters. The van der Waals surface area contributed by atoms with E-state index in [1.807, 2.05) is 6.92 Å². The molecule has 0 aliphatic rings. The zero-order chi connectivity index (χ0) is 11.1. The first-order chi connectivity index (χ1) is 7.29. The first-order valence-corrected chi connectivity index (χ1v) is 4.52. The van der Waals surface area contributed by atoms with E-state index in [1.54, 1.807) is 30.4 Å². The summed E-state index contributed by atoms with van der Waals surface area (Å²) in [6.45, 7) is 2.06. The van der Waals surface area contributed by atoms with Gasteiger partial charge in [0.05, 0.1) is 0 Å². The molecule has 0 spiro atoms. The highest BCUT2D eigenvalue weighted by molar-refractivity contribution is 5.95. The van der Waals surface area contributed by atoms with Crippen molar-refractivity contribution in [2.24, 2.45) is 0 Å². The molecule has 16 heavy (non-hydrogen) atoms. The van der Waals surface area contributed by atoms with E-state index in [0.717, 1.165) is 0 Å². The topological polar surface area (TPSA) is 54.5 Å². The molecule has 0 heterocycles. The normalized spacial score (nSPS) is 9.25. The van der Waals surface area contributed by atoms with E-state index in [-0.39, 0.29) is 30.3 Å². The van der Waals surface area contributed by atoms with Crippen molar-refractivity contribution in [3.05, 3.63) is 47.0 Å². The number of rotatable bonds is 3. The third-order valence-corrected chi connectivity index (χ3v) is 1.78. The Hall–Kier alpha value is -1.86. The summed E-state index contributed by atoms with van der Waals surface area (Å²) in [7, 11) is 0. The summed E-state index contributed by atoms with van der Waals surface area (Å²) in [5.74, 6) is -0.499. The summed E-state index contributed by atoms with van der Waals surface area (Å²) in [5, 5.41) is 8.64. The lowest BCUT2D eigenvalue weighted by Gasteiger charge is -1.98. The Kier molecular flexibility index (Phi) is 6.57. The molecule has 0 aliphatic carbocycles. The van der Waals surface area contributed by atoms with Gasteiger partial charge in [-0.25, -0.2) is 4.79 Å². The first-order valence-electron chi connectivity index (χ1n) is 4.52. The molecule has 0 N–H and O–H groups in total. The maximum atomic E-state index is 11.5. The van der Waals surface area contributed by atoms with Gasteiger partial charge in [0.2, 0.25) is 5.39 Å². The van der Waals surface area contributed by atoms with E-state index < -0.39 is 5.97 Å². The molecule has 1 aromatic rings. The molecule has 0 amide bonds. The second-order valence-corrected chi connectivity index (χ2v) is 2.78. The van der Waals surface area contributed by atoms with E-state index in [1.165, 1.54) is 6.07 Å². The number of allylic oxidation sites excluding steroid dienone is 1. The Bertz CT molecular complexity index is 424. The number of benzene rings is 1. The van der Waals surface area contributed by atoms with Gasteiger partial charge in [-0.1, -0.05) is 24.3 Å². The molecule has 1 aromatic carbocycles. The second kappa shape index (κ2) is 7.43. The van der Waals surface area contributed by atoms with Crippen molar-refractivity contribution < 1.29 is 21.9 Å². The summed E-state index contributed by atoms with van der Waals surface area (Å²) < 4.78 is 4.91. The minimum Gasteiger partial charge on any atom is -1.00 e. The lowest BCUT2D eigenvalue weighted by atomic mass is 10.2. The fourth-order valence-electron chi connectivity index (χ4n) is 1.03. The van der Waals surface area contributed by atoms with Gasteiger partial charge in [0, 0.05) is 6.07 Å². The van der Waals surface area contributed by atoms with E-state index in [9.17, 15) is 4.79 Å². The van der Waals surface area contributed by atoms with Crippen molar-refractivity contribution in [3.8, 4) is 0 Å². The van der Waals surface area contributed by atoms with Crippen LogP contribution in [0.4, 0.5) is 5.69 Å². The molecule has 0 radical (unpaired) electrons. The smallest absolute Gasteiger partial charge is 0.399 e. The van der Waals surface area contributed by atoms with Crippen LogP contribution in [0.25, 0.3) is 4.98 Å². The highest BCUT2D eigenvalue weighted by atomic mass is 35.5. The van der Waals surface area contributed by atoms with E-state index in [4.69, 9.17) is 10.1 Å². The van der Waals surface area contributed by atoms with Crippen molar-refractivity contribution in [2.75, 3.05) is 6.61 Å². The van der Waals surface area contributed by atoms with Crippen LogP contribution in [0.5, 0.6) is 0 Å². The van der Waals surface area contributed by atoms with Gasteiger partial charge in [0.1, 0.15) is 6.61 Å². The van der Waals surface area contributed by atoms with Crippen molar-refractivity contribution >= 4 is 11.7 Å². The molecular formula is C11H11ClN2O2. The zero-order valence-corrected chi connectivity index (χ0v) is 9.52. The summed E-state index contributed by atoms with van der Waals surface area (Å²) >= 11 is 0. The molecular weight excluding hydrogens is 228 g/mol. The molecule has 0 saturated heterocycles. The quantitative estimate of drug-likeness (QED) is 0.420. The van der Waals surface area contributed by atoms with Crippen LogP contribution in [0, 0.1) is 5.39 Å². The lowest BCUT2D eigenvalue weighted by Crippen LogP contribution is -3.00. The minimum absolute atomic E-state index is 0. The average Bonchev–Trinajstić information content (AvgIpc) is 2.29. The third kappa shape index (κ3) is 3.71. The Morgan fingerprint density at radius 2 is 2.19 bits per heavy atom. The second-order valence-electron chi connectivity index (χ2n) is 2.78. The van der Waals surface area contributed by atoms with Gasteiger partial charge in [-0.15, -0.1) is 0 Å². The van der Waals surface area contributed by atoms with E-state index in [2.05, 4.69) is 4.98 Å². The molecule has 84 valence electrons. The fourth-order valence-corrected chi connectivity index (χ4v) is 1.03. The van der Waals surface area contributed by atoms with Crippen LogP contribution in [-0.4, -0.2) is 12.6 Å². The number of diazo groups is 1. The molecule has 0 saturated carbocycles. The molecule has 0 aromatic heterocycles. The molecule has 0 aliphatic heterocycles. The molecule has 0 bridgehead atoms. The predicted molar refractivity (Wildman–Crippen MR) is 56.3 cm³/mol. The van der Waals surface area contributed by atoms with Gasteiger partial charge in [-0.05, 0) is 13.0 Å². The van der Waals surface area contributed by atoms with E-state index in [0.29, 0.717) is 0 Å². The van der Waals surface area contributed by atoms with E-state index >= 15 is 0 Å². The van der Waals surface area contributed by atoms with Crippen LogP contribution in [0.3, 0.4) is 0 Å². The number of nitrogens with zero attached hydrogens (tertiary/aromatic N) is 2. The number of hydrogen-bond acceptors (Lipinski definition) is 3. The third-order valence-electron chi connectivity index (χ3n) is 1.78. The van der Waals surface area contributed by atoms with Gasteiger partial charge in [-0.3, -0.25) is 0 Å². The number of carbonyl (C=O) groups excluding carboxylic acids is 1. The average molecular weight is 239 g/mol. The van der Waals surface area contributed by atoms with Crippen LogP contribution >= 0.6 is 0 Å². The van der Waals surface area contributed by atoms with Crippen molar-refractivity contribution in [1.29, 1.82) is 5.39 Å². The number of ether oxygens (including phenoxy) is 1. The van der Waals surface area contributed by atoms with Crippen LogP contribution < -0.4 is 12.4 Å². The van der Waals surface area contributed by atoms with Crippen LogP contribution in [0.15, 0.2) is 36.4 Å². The van der Waals surface area contributed by atoms with Gasteiger partial charge in [-0.2, -0.15) is 0 Å². The molecule has 5 heteroatoms. The standard InChI is InChI=1S/C11H11N2O2.ClH/c1-2-3-8-15-11(14)9-6-4-5-7-10(9)13-12;/h2-7H,8H2,1H3;1H/q+1;/p-1/b3-2+;. The Morgan fingerprint density at radius 3 is 2.81 bits per heavy atom. The van der Waals surface area contributed by atoms with Crippen LogP contribution in [0.1, 0.15) is 17.3 Å². The molecule has 1 rings (SSSR count). The van der Waals surface area contributed by atoms with Gasteiger partial charge >= 0.3 is 11.7 Å². The molecule has 0 fully saturated rings. The minimum atomic E-state index is -0.499. The van der Waals surface area contributed by atoms with Crippen molar-refractivity contribution in [2.45, 2.75) is 6.92 Å². The van der Waals surface area contributed by atoms with Crippen molar-refractivity contribution in [3.63, 3.8) is 0 Å². The van der Waals surface area contributed by atoms with Gasteiger partial charge in [0.25, 0.3) is 0 Å². The fraction of sp³-hybridized carbons (Fsp3) is 0.182.